The molecule has 1 aromatic carbocycles. The molecular weight excluding hydrogens is 288 g/mol. The smallest absolute Gasteiger partial charge is 0.339 e. The molecule has 0 aromatic heterocycles. The molecule has 3 heteroatoms. The SMILES string of the molecule is CC=CCCC=CC(CC)(CC)OC(=O)c1ccccc1C=O. The van der Waals surface area contributed by atoms with Crippen LogP contribution >= 0.6 is 0 Å². The van der Waals surface area contributed by atoms with Gasteiger partial charge in [-0.15, -0.1) is 0 Å². The molecule has 23 heavy (non-hydrogen) atoms. The van der Waals surface area contributed by atoms with Gasteiger partial charge in [-0.3, -0.25) is 4.79 Å². The second-order valence-corrected chi connectivity index (χ2v) is 5.42. The first-order valence-electron chi connectivity index (χ1n) is 8.18. The Morgan fingerprint density at radius 3 is 2.39 bits per heavy atom. The molecule has 0 spiro atoms. The number of rotatable bonds is 9. The molecule has 1 rings (SSSR count). The lowest BCUT2D eigenvalue weighted by molar-refractivity contribution is 0.000482. The summed E-state index contributed by atoms with van der Waals surface area (Å²) in [4.78, 5) is 23.5. The van der Waals surface area contributed by atoms with Gasteiger partial charge in [0.25, 0.3) is 0 Å². The van der Waals surface area contributed by atoms with Gasteiger partial charge >= 0.3 is 5.97 Å². The fraction of sp³-hybridized carbons (Fsp3) is 0.400. The summed E-state index contributed by atoms with van der Waals surface area (Å²) in [6.07, 6.45) is 12.1. The Morgan fingerprint density at radius 1 is 1.13 bits per heavy atom. The van der Waals surface area contributed by atoms with Crippen LogP contribution in [-0.4, -0.2) is 17.9 Å². The maximum Gasteiger partial charge on any atom is 0.339 e. The highest BCUT2D eigenvalue weighted by atomic mass is 16.6. The summed E-state index contributed by atoms with van der Waals surface area (Å²) in [7, 11) is 0. The summed E-state index contributed by atoms with van der Waals surface area (Å²) in [5, 5.41) is 0. The molecule has 0 aliphatic heterocycles. The van der Waals surface area contributed by atoms with E-state index in [0.29, 0.717) is 30.3 Å². The normalized spacial score (nSPS) is 12.0. The lowest BCUT2D eigenvalue weighted by Gasteiger charge is -2.28. The predicted octanol–water partition coefficient (Wildman–Crippen LogP) is 5.13. The molecule has 0 amide bonds. The summed E-state index contributed by atoms with van der Waals surface area (Å²) in [5.74, 6) is -0.450. The Morgan fingerprint density at radius 2 is 1.78 bits per heavy atom. The highest BCUT2D eigenvalue weighted by Crippen LogP contribution is 2.25. The van der Waals surface area contributed by atoms with Crippen molar-refractivity contribution in [1.82, 2.24) is 0 Å². The Kier molecular flexibility index (Phi) is 8.03. The van der Waals surface area contributed by atoms with Gasteiger partial charge < -0.3 is 4.74 Å². The monoisotopic (exact) mass is 314 g/mol. The van der Waals surface area contributed by atoms with Crippen LogP contribution in [0.25, 0.3) is 0 Å². The average molecular weight is 314 g/mol. The fourth-order valence-electron chi connectivity index (χ4n) is 2.35. The van der Waals surface area contributed by atoms with Crippen LogP contribution in [0.2, 0.25) is 0 Å². The molecule has 0 aliphatic carbocycles. The molecule has 3 nitrogen and oxygen atoms in total. The highest BCUT2D eigenvalue weighted by molar-refractivity contribution is 5.98. The van der Waals surface area contributed by atoms with E-state index < -0.39 is 11.6 Å². The predicted molar refractivity (Wildman–Crippen MR) is 93.7 cm³/mol. The minimum absolute atomic E-state index is 0.316. The molecule has 0 fully saturated rings. The van der Waals surface area contributed by atoms with Gasteiger partial charge in [0.05, 0.1) is 5.56 Å². The zero-order valence-corrected chi connectivity index (χ0v) is 14.2. The number of hydrogen-bond donors (Lipinski definition) is 0. The first-order valence-corrected chi connectivity index (χ1v) is 8.18. The minimum Gasteiger partial charge on any atom is -0.451 e. The number of allylic oxidation sites excluding steroid dienone is 3. The third-order valence-corrected chi connectivity index (χ3v) is 3.96. The molecular formula is C20H26O3. The van der Waals surface area contributed by atoms with E-state index in [-0.39, 0.29) is 0 Å². The Bertz CT molecular complexity index is 566. The van der Waals surface area contributed by atoms with Gasteiger partial charge in [0, 0.05) is 5.56 Å². The number of unbranched alkanes of at least 4 members (excludes halogenated alkanes) is 1. The number of carbonyl (C=O) groups excluding carboxylic acids is 2. The van der Waals surface area contributed by atoms with Crippen LogP contribution in [0.3, 0.4) is 0 Å². The van der Waals surface area contributed by atoms with Crippen molar-refractivity contribution in [3.05, 3.63) is 59.7 Å². The Balaban J connectivity index is 2.89. The van der Waals surface area contributed by atoms with Crippen molar-refractivity contribution in [3.63, 3.8) is 0 Å². The number of carbonyl (C=O) groups is 2. The zero-order valence-electron chi connectivity index (χ0n) is 14.2. The third kappa shape index (κ3) is 5.51. The minimum atomic E-state index is -0.622. The molecule has 0 N–H and O–H groups in total. The highest BCUT2D eigenvalue weighted by Gasteiger charge is 2.28. The van der Waals surface area contributed by atoms with Crippen LogP contribution in [0, 0.1) is 0 Å². The number of benzene rings is 1. The van der Waals surface area contributed by atoms with E-state index >= 15 is 0 Å². The van der Waals surface area contributed by atoms with Gasteiger partial charge in [0.1, 0.15) is 5.60 Å². The summed E-state index contributed by atoms with van der Waals surface area (Å²) in [6, 6.07) is 6.71. The van der Waals surface area contributed by atoms with Gasteiger partial charge in [-0.25, -0.2) is 4.79 Å². The van der Waals surface area contributed by atoms with Crippen LogP contribution in [0.1, 0.15) is 67.2 Å². The number of aldehydes is 1. The van der Waals surface area contributed by atoms with Crippen molar-refractivity contribution in [2.75, 3.05) is 0 Å². The largest absolute Gasteiger partial charge is 0.451 e. The average Bonchev–Trinajstić information content (AvgIpc) is 2.60. The van der Waals surface area contributed by atoms with Crippen molar-refractivity contribution >= 4 is 12.3 Å². The second kappa shape index (κ2) is 9.78. The van der Waals surface area contributed by atoms with Crippen LogP contribution < -0.4 is 0 Å². The maximum atomic E-state index is 12.5. The molecule has 124 valence electrons. The van der Waals surface area contributed by atoms with Crippen molar-refractivity contribution in [2.24, 2.45) is 0 Å². The molecule has 0 aliphatic rings. The zero-order chi connectivity index (χ0) is 17.1. The summed E-state index contributed by atoms with van der Waals surface area (Å²) in [6.45, 7) is 6.00. The molecule has 0 atom stereocenters. The quantitative estimate of drug-likeness (QED) is 0.275. The first kappa shape index (κ1) is 18.9. The molecule has 0 saturated carbocycles. The van der Waals surface area contributed by atoms with Gasteiger partial charge in [0.2, 0.25) is 0 Å². The van der Waals surface area contributed by atoms with Crippen molar-refractivity contribution in [3.8, 4) is 0 Å². The second-order valence-electron chi connectivity index (χ2n) is 5.42. The van der Waals surface area contributed by atoms with Gasteiger partial charge in [-0.1, -0.05) is 50.3 Å². The summed E-state index contributed by atoms with van der Waals surface area (Å²) in [5.41, 5.74) is 0.0509. The molecule has 0 radical (unpaired) electrons. The summed E-state index contributed by atoms with van der Waals surface area (Å²) < 4.78 is 5.77. The fourth-order valence-corrected chi connectivity index (χ4v) is 2.35. The van der Waals surface area contributed by atoms with Crippen molar-refractivity contribution < 1.29 is 14.3 Å². The van der Waals surface area contributed by atoms with Crippen LogP contribution in [0.5, 0.6) is 0 Å². The molecule has 0 unspecified atom stereocenters. The van der Waals surface area contributed by atoms with E-state index in [0.717, 1.165) is 12.8 Å². The van der Waals surface area contributed by atoms with Crippen LogP contribution in [0.4, 0.5) is 0 Å². The number of hydrogen-bond acceptors (Lipinski definition) is 3. The van der Waals surface area contributed by atoms with Gasteiger partial charge in [-0.2, -0.15) is 0 Å². The first-order chi connectivity index (χ1) is 11.1. The van der Waals surface area contributed by atoms with E-state index in [1.807, 2.05) is 32.9 Å². The van der Waals surface area contributed by atoms with Crippen LogP contribution in [-0.2, 0) is 4.74 Å². The van der Waals surface area contributed by atoms with E-state index in [1.54, 1.807) is 24.3 Å². The van der Waals surface area contributed by atoms with E-state index in [4.69, 9.17) is 4.74 Å². The van der Waals surface area contributed by atoms with E-state index in [9.17, 15) is 9.59 Å². The van der Waals surface area contributed by atoms with Crippen LogP contribution in [0.15, 0.2) is 48.6 Å². The molecule has 0 saturated heterocycles. The Hall–Kier alpha value is -2.16. The molecule has 0 heterocycles. The summed E-state index contributed by atoms with van der Waals surface area (Å²) >= 11 is 0. The van der Waals surface area contributed by atoms with Crippen molar-refractivity contribution in [2.45, 2.75) is 52.1 Å². The topological polar surface area (TPSA) is 43.4 Å². The van der Waals surface area contributed by atoms with Crippen molar-refractivity contribution in [1.29, 1.82) is 0 Å². The number of ether oxygens (including phenoxy) is 1. The van der Waals surface area contributed by atoms with E-state index in [2.05, 4.69) is 12.2 Å². The molecule has 0 bridgehead atoms. The molecule has 1 aromatic rings. The standard InChI is InChI=1S/C20H26O3/c1-4-7-8-9-12-15-20(5-2,6-3)23-19(22)18-14-11-10-13-17(18)16-21/h4,7,10-16H,5-6,8-9H2,1-3H3. The van der Waals surface area contributed by atoms with Gasteiger partial charge in [0.15, 0.2) is 6.29 Å². The Labute approximate surface area is 139 Å². The van der Waals surface area contributed by atoms with E-state index in [1.165, 1.54) is 0 Å². The van der Waals surface area contributed by atoms with Gasteiger partial charge in [-0.05, 0) is 44.7 Å². The lowest BCUT2D eigenvalue weighted by Crippen LogP contribution is -2.32. The number of esters is 1. The third-order valence-electron chi connectivity index (χ3n) is 3.96. The lowest BCUT2D eigenvalue weighted by atomic mass is 9.95. The maximum absolute atomic E-state index is 12.5.